The van der Waals surface area contributed by atoms with Gasteiger partial charge in [0, 0.05) is 60.7 Å². The molecule has 0 aliphatic carbocycles. The summed E-state index contributed by atoms with van der Waals surface area (Å²) < 4.78 is 26.2. The number of hydrogen-bond acceptors (Lipinski definition) is 10. The lowest BCUT2D eigenvalue weighted by Crippen LogP contribution is -2.53. The summed E-state index contributed by atoms with van der Waals surface area (Å²) in [7, 11) is 2.11. The average molecular weight is 767 g/mol. The lowest BCUT2D eigenvalue weighted by molar-refractivity contribution is -0.129. The van der Waals surface area contributed by atoms with Gasteiger partial charge < -0.3 is 41.0 Å². The van der Waals surface area contributed by atoms with Gasteiger partial charge in [0.1, 0.15) is 30.0 Å². The van der Waals surface area contributed by atoms with E-state index in [0.717, 1.165) is 61.2 Å². The third-order valence-electron chi connectivity index (χ3n) is 10.2. The minimum atomic E-state index is -0.977. The van der Waals surface area contributed by atoms with E-state index in [9.17, 15) is 9.18 Å². The van der Waals surface area contributed by atoms with Gasteiger partial charge in [-0.1, -0.05) is 12.1 Å². The number of pyridine rings is 1. The number of hydrogen-bond donors (Lipinski definition) is 4. The number of anilines is 2. The first kappa shape index (κ1) is 40.4. The lowest BCUT2D eigenvalue weighted by Gasteiger charge is -2.38. The summed E-state index contributed by atoms with van der Waals surface area (Å²) in [6.45, 7) is 15.0. The fourth-order valence-electron chi connectivity index (χ4n) is 7.76. The van der Waals surface area contributed by atoms with Crippen molar-refractivity contribution < 1.29 is 18.7 Å². The first-order chi connectivity index (χ1) is 26.6. The number of nitrogens with two attached hydrogens (primary N) is 1. The smallest absolute Gasteiger partial charge is 0.253 e. The zero-order valence-corrected chi connectivity index (χ0v) is 33.5. The summed E-state index contributed by atoms with van der Waals surface area (Å²) in [5.41, 5.74) is 9.44. The van der Waals surface area contributed by atoms with E-state index in [1.165, 1.54) is 6.07 Å². The zero-order valence-electron chi connectivity index (χ0n) is 33.5. The molecule has 2 atom stereocenters. The minimum absolute atomic E-state index is 0.0168. The van der Waals surface area contributed by atoms with Crippen LogP contribution in [0.3, 0.4) is 0 Å². The Balaban J connectivity index is 1.13. The number of carbonyl (C=O) groups is 1. The molecule has 1 saturated heterocycles. The number of piperidine rings is 1. The number of nitrogens with one attached hydrogen (secondary N) is 3. The highest BCUT2D eigenvalue weighted by molar-refractivity contribution is 5.97. The highest BCUT2D eigenvalue weighted by Crippen LogP contribution is 2.40. The van der Waals surface area contributed by atoms with E-state index >= 15 is 0 Å². The van der Waals surface area contributed by atoms with Crippen molar-refractivity contribution in [3.8, 4) is 11.9 Å². The molecule has 4 heterocycles. The highest BCUT2D eigenvalue weighted by atomic mass is 19.1. The third kappa shape index (κ3) is 10.1. The normalized spacial score (nSPS) is 19.9. The summed E-state index contributed by atoms with van der Waals surface area (Å²) in [6, 6.07) is 18.1. The van der Waals surface area contributed by atoms with Crippen LogP contribution in [0, 0.1) is 17.1 Å². The fraction of sp³-hybridized carbons (Fsp3) is 0.476. The third-order valence-corrected chi connectivity index (χ3v) is 10.2. The molecular weight excluding hydrogens is 712 g/mol. The number of halogens is 1. The Morgan fingerprint density at radius 3 is 2.59 bits per heavy atom. The average Bonchev–Trinajstić information content (AvgIpc) is 3.38. The number of ether oxygens (including phenoxy) is 2. The van der Waals surface area contributed by atoms with E-state index in [1.807, 2.05) is 43.3 Å². The number of fused-ring (bicyclic) bond motifs is 1. The second-order valence-corrected chi connectivity index (χ2v) is 16.0. The lowest BCUT2D eigenvalue weighted by atomic mass is 9.93. The van der Waals surface area contributed by atoms with Gasteiger partial charge in [-0.3, -0.25) is 14.7 Å². The van der Waals surface area contributed by atoms with Gasteiger partial charge in [0.15, 0.2) is 5.96 Å². The molecule has 3 aromatic rings. The van der Waals surface area contributed by atoms with Crippen molar-refractivity contribution in [1.29, 1.82) is 5.26 Å². The Kier molecular flexibility index (Phi) is 12.2. The first-order valence-corrected chi connectivity index (χ1v) is 19.3. The van der Waals surface area contributed by atoms with Crippen LogP contribution in [0.25, 0.3) is 0 Å². The molecule has 1 fully saturated rings. The topological polar surface area (TPSA) is 156 Å². The molecule has 14 heteroatoms. The van der Waals surface area contributed by atoms with E-state index in [1.54, 1.807) is 45.9 Å². The van der Waals surface area contributed by atoms with Gasteiger partial charge in [-0.2, -0.15) is 5.26 Å². The van der Waals surface area contributed by atoms with Gasteiger partial charge in [0.2, 0.25) is 5.88 Å². The molecule has 0 saturated carbocycles. The van der Waals surface area contributed by atoms with Crippen LogP contribution in [-0.2, 0) is 11.3 Å². The molecule has 2 aromatic carbocycles. The maximum atomic E-state index is 14.4. The maximum Gasteiger partial charge on any atom is 0.253 e. The summed E-state index contributed by atoms with van der Waals surface area (Å²) in [5, 5.41) is 18.8. The Morgan fingerprint density at radius 2 is 1.89 bits per heavy atom. The Hall–Kier alpha value is -5.23. The molecule has 1 aromatic heterocycles. The molecule has 0 spiro atoms. The molecule has 3 aliphatic heterocycles. The molecular formula is C42H55FN10O3. The molecule has 3 aliphatic rings. The van der Waals surface area contributed by atoms with Crippen molar-refractivity contribution in [3.05, 3.63) is 94.6 Å². The van der Waals surface area contributed by atoms with Crippen molar-refractivity contribution in [2.45, 2.75) is 90.6 Å². The van der Waals surface area contributed by atoms with Crippen LogP contribution in [0.15, 0.2) is 71.4 Å². The largest absolute Gasteiger partial charge is 0.473 e. The Bertz CT molecular complexity index is 2000. The zero-order chi connectivity index (χ0) is 40.2. The predicted molar refractivity (Wildman–Crippen MR) is 217 cm³/mol. The summed E-state index contributed by atoms with van der Waals surface area (Å²) in [5.74, 6) is 0.757. The monoisotopic (exact) mass is 766 g/mol. The van der Waals surface area contributed by atoms with Crippen LogP contribution in [0.2, 0.25) is 0 Å². The fourth-order valence-corrected chi connectivity index (χ4v) is 7.76. The number of likely N-dealkylation sites (N-methyl/N-ethyl adjacent to an activating group) is 1. The highest BCUT2D eigenvalue weighted by Gasteiger charge is 2.37. The number of nitriles is 1. The van der Waals surface area contributed by atoms with Crippen molar-refractivity contribution in [1.82, 2.24) is 25.8 Å². The van der Waals surface area contributed by atoms with Gasteiger partial charge in [0.25, 0.3) is 5.91 Å². The Morgan fingerprint density at radius 1 is 1.12 bits per heavy atom. The molecule has 5 N–H and O–H groups in total. The van der Waals surface area contributed by atoms with Crippen LogP contribution < -0.4 is 36.2 Å². The quantitative estimate of drug-likeness (QED) is 0.171. The van der Waals surface area contributed by atoms with E-state index in [0.29, 0.717) is 30.1 Å². The number of benzene rings is 2. The SMILES string of the molecule is CC1=CC(C)NC(=NCCN2c3cc(C(=O)NC(C)(C)OC(C)(C)N)ccc3N(C)C2CN2CCC(c3cccc(OCc4ccc(C#N)cc4F)n3)CC2)N1. The summed E-state index contributed by atoms with van der Waals surface area (Å²) >= 11 is 0. The Labute approximate surface area is 329 Å². The molecule has 0 bridgehead atoms. The van der Waals surface area contributed by atoms with Gasteiger partial charge in [-0.05, 0) is 110 Å². The van der Waals surface area contributed by atoms with Crippen molar-refractivity contribution >= 4 is 23.2 Å². The van der Waals surface area contributed by atoms with Crippen molar-refractivity contribution in [2.24, 2.45) is 10.7 Å². The minimum Gasteiger partial charge on any atom is -0.473 e. The van der Waals surface area contributed by atoms with E-state index in [2.05, 4.69) is 50.7 Å². The van der Waals surface area contributed by atoms with E-state index in [4.69, 9.17) is 30.4 Å². The van der Waals surface area contributed by atoms with Gasteiger partial charge in [-0.15, -0.1) is 0 Å². The second-order valence-electron chi connectivity index (χ2n) is 16.0. The predicted octanol–water partition coefficient (Wildman–Crippen LogP) is 5.15. The molecule has 0 radical (unpaired) electrons. The number of rotatable bonds is 13. The van der Waals surface area contributed by atoms with Crippen molar-refractivity contribution in [2.75, 3.05) is 49.6 Å². The van der Waals surface area contributed by atoms with Crippen LogP contribution in [0.4, 0.5) is 15.8 Å². The molecule has 6 rings (SSSR count). The van der Waals surface area contributed by atoms with Crippen molar-refractivity contribution in [3.63, 3.8) is 0 Å². The molecule has 298 valence electrons. The van der Waals surface area contributed by atoms with Crippen LogP contribution in [-0.4, -0.2) is 85.2 Å². The van der Waals surface area contributed by atoms with Gasteiger partial charge in [0.05, 0.1) is 29.6 Å². The maximum absolute atomic E-state index is 14.4. The number of allylic oxidation sites excluding steroid dienone is 1. The molecule has 1 amide bonds. The number of aliphatic imine (C=N–C) groups is 1. The summed E-state index contributed by atoms with van der Waals surface area (Å²) in [6.07, 6.45) is 4.01. The number of amides is 1. The van der Waals surface area contributed by atoms with Crippen LogP contribution >= 0.6 is 0 Å². The molecule has 56 heavy (non-hydrogen) atoms. The standard InChI is InChI=1S/C42H55FN10O3/c1-27-21-28(2)48-40(47-27)46-17-20-53-36-23-31(39(54)50-42(5,6)56-41(3,4)45)13-14-35(36)51(7)38(53)25-52-18-15-30(16-19-52)34-9-8-10-37(49-34)55-26-32-12-11-29(24-44)22-33(32)43/h8-14,21-23,27,30,38H,15-20,25-26,45H2,1-7H3,(H,50,54)(H2,46,47,48). The molecule has 2 unspecified atom stereocenters. The van der Waals surface area contributed by atoms with E-state index < -0.39 is 17.3 Å². The second kappa shape index (κ2) is 16.9. The molecule has 13 nitrogen and oxygen atoms in total. The number of aromatic nitrogens is 1. The van der Waals surface area contributed by atoms with Crippen LogP contribution in [0.1, 0.15) is 87.5 Å². The number of guanidine groups is 1. The number of nitrogens with zero attached hydrogens (tertiary/aromatic N) is 6. The number of likely N-dealkylation sites (tertiary alicyclic amines) is 1. The number of carbonyl (C=O) groups excluding carboxylic acids is 1. The van der Waals surface area contributed by atoms with Crippen LogP contribution in [0.5, 0.6) is 5.88 Å². The van der Waals surface area contributed by atoms with E-state index in [-0.39, 0.29) is 36.2 Å². The first-order valence-electron chi connectivity index (χ1n) is 19.3. The summed E-state index contributed by atoms with van der Waals surface area (Å²) in [4.78, 5) is 30.4. The van der Waals surface area contributed by atoms with Gasteiger partial charge in [-0.25, -0.2) is 9.37 Å². The van der Waals surface area contributed by atoms with Gasteiger partial charge >= 0.3 is 0 Å².